The highest BCUT2D eigenvalue weighted by molar-refractivity contribution is 5.72. The predicted octanol–water partition coefficient (Wildman–Crippen LogP) is 1.65. The lowest BCUT2D eigenvalue weighted by atomic mass is 10.2. The van der Waals surface area contributed by atoms with Crippen LogP contribution in [0.2, 0.25) is 0 Å². The maximum atomic E-state index is 10.9. The molecule has 0 rings (SSSR count). The van der Waals surface area contributed by atoms with Crippen LogP contribution in [0, 0.1) is 11.8 Å². The Labute approximate surface area is 81.5 Å². The minimum Gasteiger partial charge on any atom is -0.289 e. The van der Waals surface area contributed by atoms with Crippen LogP contribution < -0.4 is 5.43 Å². The first-order chi connectivity index (χ1) is 5.91. The summed E-state index contributed by atoms with van der Waals surface area (Å²) in [5, 5.41) is 2.00. The van der Waals surface area contributed by atoms with Crippen LogP contribution in [0.15, 0.2) is 0 Å². The minimum atomic E-state index is 0.0151. The van der Waals surface area contributed by atoms with Crippen molar-refractivity contribution in [3.8, 4) is 0 Å². The Kier molecular flexibility index (Phi) is 5.71. The standard InChI is InChI=1S/C10H22N2O/c1-8(2)6-12(7-9(3)4)11-10(5)13/h8-9H,6-7H2,1-5H3,(H,11,13). The van der Waals surface area contributed by atoms with Crippen LogP contribution >= 0.6 is 0 Å². The van der Waals surface area contributed by atoms with Gasteiger partial charge in [-0.15, -0.1) is 0 Å². The van der Waals surface area contributed by atoms with Gasteiger partial charge in [-0.2, -0.15) is 0 Å². The fraction of sp³-hybridized carbons (Fsp3) is 0.900. The van der Waals surface area contributed by atoms with Gasteiger partial charge in [0, 0.05) is 20.0 Å². The molecule has 0 atom stereocenters. The van der Waals surface area contributed by atoms with Gasteiger partial charge in [0.2, 0.25) is 5.91 Å². The van der Waals surface area contributed by atoms with Crippen LogP contribution in [0.1, 0.15) is 34.6 Å². The van der Waals surface area contributed by atoms with Gasteiger partial charge >= 0.3 is 0 Å². The molecule has 0 saturated carbocycles. The summed E-state index contributed by atoms with van der Waals surface area (Å²) in [4.78, 5) is 10.9. The molecular formula is C10H22N2O. The van der Waals surface area contributed by atoms with Crippen molar-refractivity contribution in [3.05, 3.63) is 0 Å². The molecule has 0 unspecified atom stereocenters. The third-order valence-electron chi connectivity index (χ3n) is 1.49. The number of hydrogen-bond donors (Lipinski definition) is 1. The van der Waals surface area contributed by atoms with Crippen molar-refractivity contribution in [2.45, 2.75) is 34.6 Å². The van der Waals surface area contributed by atoms with E-state index in [1.165, 1.54) is 0 Å². The van der Waals surface area contributed by atoms with Crippen LogP contribution in [0.3, 0.4) is 0 Å². The van der Waals surface area contributed by atoms with Crippen LogP contribution in [-0.4, -0.2) is 24.0 Å². The molecule has 3 heteroatoms. The van der Waals surface area contributed by atoms with E-state index in [2.05, 4.69) is 33.1 Å². The first-order valence-electron chi connectivity index (χ1n) is 4.94. The molecule has 78 valence electrons. The Morgan fingerprint density at radius 2 is 1.54 bits per heavy atom. The van der Waals surface area contributed by atoms with Gasteiger partial charge in [0.1, 0.15) is 0 Å². The Balaban J connectivity index is 3.95. The van der Waals surface area contributed by atoms with Crippen molar-refractivity contribution >= 4 is 5.91 Å². The zero-order valence-corrected chi connectivity index (χ0v) is 9.42. The molecule has 0 aromatic carbocycles. The number of rotatable bonds is 5. The van der Waals surface area contributed by atoms with Crippen molar-refractivity contribution in [1.82, 2.24) is 10.4 Å². The molecule has 0 spiro atoms. The van der Waals surface area contributed by atoms with Gasteiger partial charge in [-0.3, -0.25) is 10.2 Å². The van der Waals surface area contributed by atoms with E-state index in [0.717, 1.165) is 13.1 Å². The highest BCUT2D eigenvalue weighted by atomic mass is 16.2. The number of nitrogens with one attached hydrogen (secondary N) is 1. The minimum absolute atomic E-state index is 0.0151. The Morgan fingerprint density at radius 1 is 1.15 bits per heavy atom. The highest BCUT2D eigenvalue weighted by Gasteiger charge is 2.09. The van der Waals surface area contributed by atoms with Crippen molar-refractivity contribution in [3.63, 3.8) is 0 Å². The van der Waals surface area contributed by atoms with E-state index in [-0.39, 0.29) is 5.91 Å². The lowest BCUT2D eigenvalue weighted by Crippen LogP contribution is -2.44. The molecule has 0 radical (unpaired) electrons. The smallest absolute Gasteiger partial charge is 0.231 e. The molecule has 0 aliphatic heterocycles. The van der Waals surface area contributed by atoms with Crippen molar-refractivity contribution in [2.24, 2.45) is 11.8 Å². The second-order valence-electron chi connectivity index (χ2n) is 4.36. The zero-order chi connectivity index (χ0) is 10.4. The number of amides is 1. The number of carbonyl (C=O) groups excluding carboxylic acids is 1. The summed E-state index contributed by atoms with van der Waals surface area (Å²) in [6.45, 7) is 12.0. The SMILES string of the molecule is CC(=O)NN(CC(C)C)CC(C)C. The maximum absolute atomic E-state index is 10.9. The molecule has 1 amide bonds. The van der Waals surface area contributed by atoms with Gasteiger partial charge in [0.25, 0.3) is 0 Å². The summed E-state index contributed by atoms with van der Waals surface area (Å²) in [6, 6.07) is 0. The molecule has 0 fully saturated rings. The largest absolute Gasteiger partial charge is 0.289 e. The molecule has 1 N–H and O–H groups in total. The van der Waals surface area contributed by atoms with Gasteiger partial charge in [0.05, 0.1) is 0 Å². The number of nitrogens with zero attached hydrogens (tertiary/aromatic N) is 1. The molecule has 0 bridgehead atoms. The van der Waals surface area contributed by atoms with E-state index in [0.29, 0.717) is 11.8 Å². The van der Waals surface area contributed by atoms with Gasteiger partial charge in [-0.05, 0) is 11.8 Å². The summed E-state index contributed by atoms with van der Waals surface area (Å²) in [5.41, 5.74) is 2.84. The first kappa shape index (κ1) is 12.4. The highest BCUT2D eigenvalue weighted by Crippen LogP contribution is 2.00. The van der Waals surface area contributed by atoms with Crippen LogP contribution in [0.4, 0.5) is 0 Å². The topological polar surface area (TPSA) is 32.3 Å². The molecule has 0 aliphatic carbocycles. The molecule has 0 saturated heterocycles. The van der Waals surface area contributed by atoms with Crippen LogP contribution in [-0.2, 0) is 4.79 Å². The van der Waals surface area contributed by atoms with Gasteiger partial charge in [0.15, 0.2) is 0 Å². The fourth-order valence-electron chi connectivity index (χ4n) is 1.27. The van der Waals surface area contributed by atoms with Gasteiger partial charge < -0.3 is 0 Å². The average molecular weight is 186 g/mol. The second-order valence-corrected chi connectivity index (χ2v) is 4.36. The van der Waals surface area contributed by atoms with E-state index in [9.17, 15) is 4.79 Å². The zero-order valence-electron chi connectivity index (χ0n) is 9.42. The third-order valence-corrected chi connectivity index (χ3v) is 1.49. The summed E-state index contributed by atoms with van der Waals surface area (Å²) in [7, 11) is 0. The van der Waals surface area contributed by atoms with Crippen LogP contribution in [0.5, 0.6) is 0 Å². The number of hydrazine groups is 1. The monoisotopic (exact) mass is 186 g/mol. The summed E-state index contributed by atoms with van der Waals surface area (Å²) in [5.74, 6) is 1.16. The Hall–Kier alpha value is -0.570. The van der Waals surface area contributed by atoms with E-state index in [1.54, 1.807) is 6.92 Å². The summed E-state index contributed by atoms with van der Waals surface area (Å²) < 4.78 is 0. The first-order valence-corrected chi connectivity index (χ1v) is 4.94. The average Bonchev–Trinajstić information content (AvgIpc) is 1.80. The quantitative estimate of drug-likeness (QED) is 0.662. The van der Waals surface area contributed by atoms with E-state index in [4.69, 9.17) is 0 Å². The van der Waals surface area contributed by atoms with Crippen LogP contribution in [0.25, 0.3) is 0 Å². The Morgan fingerprint density at radius 3 is 1.77 bits per heavy atom. The number of carbonyl (C=O) groups is 1. The van der Waals surface area contributed by atoms with Gasteiger partial charge in [-0.1, -0.05) is 27.7 Å². The maximum Gasteiger partial charge on any atom is 0.231 e. The summed E-state index contributed by atoms with van der Waals surface area (Å²) in [6.07, 6.45) is 0. The third kappa shape index (κ3) is 7.78. The van der Waals surface area contributed by atoms with Crippen molar-refractivity contribution in [2.75, 3.05) is 13.1 Å². The molecule has 3 nitrogen and oxygen atoms in total. The summed E-state index contributed by atoms with van der Waals surface area (Å²) >= 11 is 0. The molecule has 0 aromatic rings. The lowest BCUT2D eigenvalue weighted by Gasteiger charge is -2.25. The normalized spacial score (nSPS) is 11.4. The second kappa shape index (κ2) is 5.97. The fourth-order valence-corrected chi connectivity index (χ4v) is 1.27. The number of hydrogen-bond acceptors (Lipinski definition) is 2. The van der Waals surface area contributed by atoms with Crippen molar-refractivity contribution in [1.29, 1.82) is 0 Å². The van der Waals surface area contributed by atoms with E-state index >= 15 is 0 Å². The molecule has 0 aliphatic rings. The van der Waals surface area contributed by atoms with Crippen molar-refractivity contribution < 1.29 is 4.79 Å². The van der Waals surface area contributed by atoms with Gasteiger partial charge in [-0.25, -0.2) is 5.01 Å². The van der Waals surface area contributed by atoms with E-state index < -0.39 is 0 Å². The predicted molar refractivity (Wildman–Crippen MR) is 55.1 cm³/mol. The molecule has 0 heterocycles. The molecular weight excluding hydrogens is 164 g/mol. The lowest BCUT2D eigenvalue weighted by molar-refractivity contribution is -0.124. The molecule has 0 aromatic heterocycles. The molecule has 13 heavy (non-hydrogen) atoms. The van der Waals surface area contributed by atoms with E-state index in [1.807, 2.05) is 5.01 Å². The Bertz CT molecular complexity index is 145.